The maximum Gasteiger partial charge on any atom is 0.191 e. The van der Waals surface area contributed by atoms with E-state index < -0.39 is 0 Å². The topological polar surface area (TPSA) is 57.1 Å². The summed E-state index contributed by atoms with van der Waals surface area (Å²) in [5.74, 6) is 0.846. The fourth-order valence-corrected chi connectivity index (χ4v) is 2.93. The van der Waals surface area contributed by atoms with Crippen molar-refractivity contribution >= 4 is 40.8 Å². The molecule has 25 heavy (non-hydrogen) atoms. The molecule has 5 nitrogen and oxygen atoms in total. The Labute approximate surface area is 165 Å². The van der Waals surface area contributed by atoms with Crippen molar-refractivity contribution in [1.82, 2.24) is 20.2 Å². The molecule has 0 atom stereocenters. The van der Waals surface area contributed by atoms with Gasteiger partial charge in [-0.2, -0.15) is 0 Å². The zero-order chi connectivity index (χ0) is 16.8. The number of H-pyrrole nitrogens is 1. The Hall–Kier alpha value is -1.96. The second-order valence-corrected chi connectivity index (χ2v) is 5.91. The second-order valence-electron chi connectivity index (χ2n) is 5.91. The SMILES string of the molecule is CN=C(NCCc1c[nH]c2c(C)cccc12)NCCn1cccc1.I. The maximum absolute atomic E-state index is 4.28. The molecule has 3 rings (SSSR count). The van der Waals surface area contributed by atoms with Crippen LogP contribution >= 0.6 is 24.0 Å². The Morgan fingerprint density at radius 2 is 1.88 bits per heavy atom. The Bertz CT molecular complexity index is 804. The molecule has 0 radical (unpaired) electrons. The molecule has 0 aliphatic carbocycles. The van der Waals surface area contributed by atoms with Gasteiger partial charge in [-0.05, 0) is 36.6 Å². The fraction of sp³-hybridized carbons (Fsp3) is 0.316. The van der Waals surface area contributed by atoms with Gasteiger partial charge < -0.3 is 20.2 Å². The van der Waals surface area contributed by atoms with E-state index in [-0.39, 0.29) is 24.0 Å². The van der Waals surface area contributed by atoms with E-state index in [4.69, 9.17) is 0 Å². The zero-order valence-corrected chi connectivity index (χ0v) is 17.1. The molecule has 2 aromatic heterocycles. The van der Waals surface area contributed by atoms with Crippen LogP contribution in [0.15, 0.2) is 53.9 Å². The molecule has 0 aliphatic heterocycles. The molecule has 0 bridgehead atoms. The van der Waals surface area contributed by atoms with Gasteiger partial charge in [-0.1, -0.05) is 18.2 Å². The minimum Gasteiger partial charge on any atom is -0.361 e. The van der Waals surface area contributed by atoms with Gasteiger partial charge in [0.1, 0.15) is 0 Å². The number of rotatable bonds is 6. The first-order valence-corrected chi connectivity index (χ1v) is 8.39. The molecule has 0 fully saturated rings. The summed E-state index contributed by atoms with van der Waals surface area (Å²) in [6.07, 6.45) is 7.21. The van der Waals surface area contributed by atoms with E-state index in [0.717, 1.165) is 32.0 Å². The quantitative estimate of drug-likeness (QED) is 0.306. The first-order valence-electron chi connectivity index (χ1n) is 8.39. The average Bonchev–Trinajstić information content (AvgIpc) is 3.24. The molecule has 0 aliphatic rings. The van der Waals surface area contributed by atoms with Crippen LogP contribution < -0.4 is 10.6 Å². The summed E-state index contributed by atoms with van der Waals surface area (Å²) < 4.78 is 2.15. The van der Waals surface area contributed by atoms with E-state index in [9.17, 15) is 0 Å². The van der Waals surface area contributed by atoms with Crippen molar-refractivity contribution in [3.05, 3.63) is 60.0 Å². The third-order valence-electron chi connectivity index (χ3n) is 4.25. The third-order valence-corrected chi connectivity index (χ3v) is 4.25. The molecule has 1 aromatic carbocycles. The summed E-state index contributed by atoms with van der Waals surface area (Å²) >= 11 is 0. The van der Waals surface area contributed by atoms with Crippen LogP contribution in [0.3, 0.4) is 0 Å². The Morgan fingerprint density at radius 3 is 2.64 bits per heavy atom. The summed E-state index contributed by atoms with van der Waals surface area (Å²) in [5.41, 5.74) is 3.86. The summed E-state index contributed by atoms with van der Waals surface area (Å²) in [5, 5.41) is 8.04. The minimum absolute atomic E-state index is 0. The molecule has 2 heterocycles. The van der Waals surface area contributed by atoms with Crippen LogP contribution in [0.4, 0.5) is 0 Å². The highest BCUT2D eigenvalue weighted by molar-refractivity contribution is 14.0. The average molecular weight is 451 g/mol. The van der Waals surface area contributed by atoms with Gasteiger partial charge in [-0.3, -0.25) is 4.99 Å². The lowest BCUT2D eigenvalue weighted by molar-refractivity contribution is 0.665. The van der Waals surface area contributed by atoms with Crippen molar-refractivity contribution in [2.24, 2.45) is 4.99 Å². The molecule has 0 saturated heterocycles. The lowest BCUT2D eigenvalue weighted by Gasteiger charge is -2.12. The largest absolute Gasteiger partial charge is 0.361 e. The van der Waals surface area contributed by atoms with Crippen LogP contribution in [0.5, 0.6) is 0 Å². The summed E-state index contributed by atoms with van der Waals surface area (Å²) in [4.78, 5) is 7.66. The zero-order valence-electron chi connectivity index (χ0n) is 14.7. The molecule has 3 N–H and O–H groups in total. The Morgan fingerprint density at radius 1 is 1.12 bits per heavy atom. The van der Waals surface area contributed by atoms with Crippen LogP contribution in [-0.2, 0) is 13.0 Å². The third kappa shape index (κ3) is 5.01. The molecule has 6 heteroatoms. The molecule has 0 saturated carbocycles. The lowest BCUT2D eigenvalue weighted by atomic mass is 10.1. The number of aromatic amines is 1. The summed E-state index contributed by atoms with van der Waals surface area (Å²) in [6.45, 7) is 4.76. The number of aliphatic imine (C=N–C) groups is 1. The summed E-state index contributed by atoms with van der Waals surface area (Å²) in [7, 11) is 1.81. The highest BCUT2D eigenvalue weighted by atomic mass is 127. The molecular formula is C19H26IN5. The summed E-state index contributed by atoms with van der Waals surface area (Å²) in [6, 6.07) is 10.5. The number of benzene rings is 1. The van der Waals surface area contributed by atoms with Gasteiger partial charge in [0.25, 0.3) is 0 Å². The monoisotopic (exact) mass is 451 g/mol. The van der Waals surface area contributed by atoms with Crippen molar-refractivity contribution in [3.63, 3.8) is 0 Å². The van der Waals surface area contributed by atoms with Crippen LogP contribution in [0.2, 0.25) is 0 Å². The van der Waals surface area contributed by atoms with Gasteiger partial charge in [-0.25, -0.2) is 0 Å². The minimum atomic E-state index is 0. The Kier molecular flexibility index (Phi) is 7.36. The van der Waals surface area contributed by atoms with Gasteiger partial charge in [0.15, 0.2) is 5.96 Å². The lowest BCUT2D eigenvalue weighted by Crippen LogP contribution is -2.39. The van der Waals surface area contributed by atoms with Crippen molar-refractivity contribution in [2.75, 3.05) is 20.1 Å². The number of aromatic nitrogens is 2. The molecule has 0 amide bonds. The van der Waals surface area contributed by atoms with E-state index in [0.29, 0.717) is 0 Å². The van der Waals surface area contributed by atoms with Crippen molar-refractivity contribution in [1.29, 1.82) is 0 Å². The van der Waals surface area contributed by atoms with Crippen LogP contribution in [0.25, 0.3) is 10.9 Å². The molecule has 3 aromatic rings. The number of guanidine groups is 1. The Balaban J connectivity index is 0.00000225. The normalized spacial score (nSPS) is 11.4. The van der Waals surface area contributed by atoms with E-state index in [2.05, 4.69) is 68.9 Å². The molecule has 0 spiro atoms. The van der Waals surface area contributed by atoms with Crippen molar-refractivity contribution in [2.45, 2.75) is 19.9 Å². The maximum atomic E-state index is 4.28. The number of nitrogens with zero attached hydrogens (tertiary/aromatic N) is 2. The van der Waals surface area contributed by atoms with E-state index in [1.54, 1.807) is 7.05 Å². The number of hydrogen-bond donors (Lipinski definition) is 3. The van der Waals surface area contributed by atoms with Gasteiger partial charge in [-0.15, -0.1) is 24.0 Å². The number of fused-ring (bicyclic) bond motifs is 1. The van der Waals surface area contributed by atoms with Crippen LogP contribution in [0.1, 0.15) is 11.1 Å². The number of halogens is 1. The van der Waals surface area contributed by atoms with Gasteiger partial charge in [0.05, 0.1) is 0 Å². The van der Waals surface area contributed by atoms with Crippen molar-refractivity contribution in [3.8, 4) is 0 Å². The number of aryl methyl sites for hydroxylation is 1. The number of nitrogens with one attached hydrogen (secondary N) is 3. The molecular weight excluding hydrogens is 425 g/mol. The van der Waals surface area contributed by atoms with Gasteiger partial charge >= 0.3 is 0 Å². The fourth-order valence-electron chi connectivity index (χ4n) is 2.93. The van der Waals surface area contributed by atoms with E-state index in [1.165, 1.54) is 22.0 Å². The first kappa shape index (κ1) is 19.4. The van der Waals surface area contributed by atoms with Gasteiger partial charge in [0.2, 0.25) is 0 Å². The number of para-hydroxylation sites is 1. The highest BCUT2D eigenvalue weighted by Gasteiger charge is 2.05. The smallest absolute Gasteiger partial charge is 0.191 e. The van der Waals surface area contributed by atoms with Crippen molar-refractivity contribution < 1.29 is 0 Å². The highest BCUT2D eigenvalue weighted by Crippen LogP contribution is 2.21. The van der Waals surface area contributed by atoms with Crippen LogP contribution in [-0.4, -0.2) is 35.6 Å². The number of hydrogen-bond acceptors (Lipinski definition) is 1. The van der Waals surface area contributed by atoms with E-state index in [1.807, 2.05) is 12.1 Å². The van der Waals surface area contributed by atoms with Crippen LogP contribution in [0, 0.1) is 6.92 Å². The standard InChI is InChI=1S/C19H25N5.HI/c1-15-6-5-7-17-16(14-23-18(15)17)8-9-21-19(20-2)22-10-13-24-11-3-4-12-24;/h3-7,11-12,14,23H,8-10,13H2,1-2H3,(H2,20,21,22);1H. The first-order chi connectivity index (χ1) is 11.8. The predicted molar refractivity (Wildman–Crippen MR) is 116 cm³/mol. The van der Waals surface area contributed by atoms with E-state index >= 15 is 0 Å². The molecule has 0 unspecified atom stereocenters. The predicted octanol–water partition coefficient (Wildman–Crippen LogP) is 3.30. The van der Waals surface area contributed by atoms with Gasteiger partial charge in [0, 0.05) is 56.2 Å². The molecule has 134 valence electrons. The second kappa shape index (κ2) is 9.50.